The summed E-state index contributed by atoms with van der Waals surface area (Å²) in [4.78, 5) is 18.1. The van der Waals surface area contributed by atoms with E-state index in [2.05, 4.69) is 16.8 Å². The highest BCUT2D eigenvalue weighted by molar-refractivity contribution is 5.92. The molecule has 2 atom stereocenters. The Morgan fingerprint density at radius 1 is 1.48 bits per heavy atom. The van der Waals surface area contributed by atoms with E-state index in [1.807, 2.05) is 6.92 Å². The van der Waals surface area contributed by atoms with Gasteiger partial charge >= 0.3 is 0 Å². The average molecular weight is 290 g/mol. The SMILES string of the molecule is CC1CN(C(=O)c2ccc(C#CCO)cn2)CC(CO)O1. The molecule has 1 fully saturated rings. The van der Waals surface area contributed by atoms with E-state index in [1.54, 1.807) is 17.0 Å². The molecule has 2 heterocycles. The van der Waals surface area contributed by atoms with Gasteiger partial charge in [-0.1, -0.05) is 11.8 Å². The maximum atomic E-state index is 12.4. The third-order valence-corrected chi connectivity index (χ3v) is 3.11. The van der Waals surface area contributed by atoms with Gasteiger partial charge in [0.2, 0.25) is 0 Å². The van der Waals surface area contributed by atoms with Gasteiger partial charge < -0.3 is 19.8 Å². The highest BCUT2D eigenvalue weighted by Crippen LogP contribution is 2.13. The van der Waals surface area contributed by atoms with Crippen LogP contribution in [0.2, 0.25) is 0 Å². The Morgan fingerprint density at radius 2 is 2.29 bits per heavy atom. The van der Waals surface area contributed by atoms with Gasteiger partial charge in [0, 0.05) is 24.8 Å². The Bertz CT molecular complexity index is 547. The van der Waals surface area contributed by atoms with Gasteiger partial charge in [0.15, 0.2) is 0 Å². The third-order valence-electron chi connectivity index (χ3n) is 3.11. The zero-order chi connectivity index (χ0) is 15.2. The average Bonchev–Trinajstić information content (AvgIpc) is 2.52. The molecule has 0 spiro atoms. The number of morpholine rings is 1. The zero-order valence-electron chi connectivity index (χ0n) is 11.8. The van der Waals surface area contributed by atoms with Crippen LogP contribution in [0.25, 0.3) is 0 Å². The molecule has 1 aromatic rings. The van der Waals surface area contributed by atoms with Crippen molar-refractivity contribution in [2.45, 2.75) is 19.1 Å². The lowest BCUT2D eigenvalue weighted by Crippen LogP contribution is -2.50. The predicted octanol–water partition coefficient (Wildman–Crippen LogP) is -0.353. The van der Waals surface area contributed by atoms with Gasteiger partial charge in [0.1, 0.15) is 12.3 Å². The molecule has 2 N–H and O–H groups in total. The van der Waals surface area contributed by atoms with Crippen molar-refractivity contribution in [1.82, 2.24) is 9.88 Å². The van der Waals surface area contributed by atoms with E-state index in [0.29, 0.717) is 24.3 Å². The number of carbonyl (C=O) groups is 1. The van der Waals surface area contributed by atoms with Crippen molar-refractivity contribution in [3.8, 4) is 11.8 Å². The summed E-state index contributed by atoms with van der Waals surface area (Å²) in [6, 6.07) is 3.30. The second kappa shape index (κ2) is 7.18. The molecular weight excluding hydrogens is 272 g/mol. The number of ether oxygens (including phenoxy) is 1. The number of hydrogen-bond acceptors (Lipinski definition) is 5. The van der Waals surface area contributed by atoms with Crippen LogP contribution in [0.5, 0.6) is 0 Å². The highest BCUT2D eigenvalue weighted by atomic mass is 16.5. The number of aliphatic hydroxyl groups excluding tert-OH is 2. The molecule has 6 heteroatoms. The first-order valence-corrected chi connectivity index (χ1v) is 6.75. The molecule has 0 aromatic carbocycles. The summed E-state index contributed by atoms with van der Waals surface area (Å²) in [7, 11) is 0. The van der Waals surface area contributed by atoms with Gasteiger partial charge in [0.25, 0.3) is 5.91 Å². The molecule has 0 aliphatic carbocycles. The van der Waals surface area contributed by atoms with Crippen molar-refractivity contribution in [3.05, 3.63) is 29.6 Å². The Labute approximate surface area is 123 Å². The maximum absolute atomic E-state index is 12.4. The number of aromatic nitrogens is 1. The van der Waals surface area contributed by atoms with Crippen LogP contribution in [0, 0.1) is 11.8 Å². The second-order valence-corrected chi connectivity index (χ2v) is 4.85. The number of rotatable bonds is 2. The van der Waals surface area contributed by atoms with Crippen LogP contribution in [0.1, 0.15) is 23.0 Å². The van der Waals surface area contributed by atoms with E-state index in [9.17, 15) is 9.90 Å². The van der Waals surface area contributed by atoms with Crippen LogP contribution in [-0.4, -0.2) is 64.5 Å². The molecule has 1 aliphatic heterocycles. The summed E-state index contributed by atoms with van der Waals surface area (Å²) in [6.45, 7) is 2.37. The number of nitrogens with zero attached hydrogens (tertiary/aromatic N) is 2. The largest absolute Gasteiger partial charge is 0.394 e. The van der Waals surface area contributed by atoms with Crippen LogP contribution < -0.4 is 0 Å². The van der Waals surface area contributed by atoms with E-state index in [1.165, 1.54) is 6.20 Å². The molecule has 2 rings (SSSR count). The molecule has 0 radical (unpaired) electrons. The second-order valence-electron chi connectivity index (χ2n) is 4.85. The fourth-order valence-electron chi connectivity index (χ4n) is 2.21. The minimum atomic E-state index is -0.354. The topological polar surface area (TPSA) is 82.9 Å². The summed E-state index contributed by atoms with van der Waals surface area (Å²) in [6.07, 6.45) is 1.03. The van der Waals surface area contributed by atoms with Crippen LogP contribution in [0.4, 0.5) is 0 Å². The highest BCUT2D eigenvalue weighted by Gasteiger charge is 2.28. The number of hydrogen-bond donors (Lipinski definition) is 2. The third kappa shape index (κ3) is 4.02. The standard InChI is InChI=1S/C15H18N2O4/c1-11-8-17(9-13(10-19)21-11)15(20)14-5-4-12(7-16-14)3-2-6-18/h4-5,7,11,13,18-19H,6,8-10H2,1H3. The lowest BCUT2D eigenvalue weighted by molar-refractivity contribution is -0.0859. The minimum Gasteiger partial charge on any atom is -0.394 e. The van der Waals surface area contributed by atoms with Crippen molar-refractivity contribution in [2.75, 3.05) is 26.3 Å². The smallest absolute Gasteiger partial charge is 0.272 e. The molecule has 0 bridgehead atoms. The van der Waals surface area contributed by atoms with Gasteiger partial charge in [-0.2, -0.15) is 0 Å². The first kappa shape index (κ1) is 15.4. The summed E-state index contributed by atoms with van der Waals surface area (Å²) in [5.41, 5.74) is 0.972. The number of aliphatic hydroxyl groups is 2. The van der Waals surface area contributed by atoms with E-state index in [-0.39, 0.29) is 31.3 Å². The summed E-state index contributed by atoms with van der Waals surface area (Å²) < 4.78 is 5.51. The minimum absolute atomic E-state index is 0.114. The Kier molecular flexibility index (Phi) is 5.28. The molecule has 21 heavy (non-hydrogen) atoms. The summed E-state index contributed by atoms with van der Waals surface area (Å²) in [5.74, 6) is 5.05. The van der Waals surface area contributed by atoms with Crippen LogP contribution >= 0.6 is 0 Å². The van der Waals surface area contributed by atoms with Crippen molar-refractivity contribution in [1.29, 1.82) is 0 Å². The normalized spacial score (nSPS) is 21.6. The summed E-state index contributed by atoms with van der Waals surface area (Å²) in [5, 5.41) is 17.8. The van der Waals surface area contributed by atoms with Crippen LogP contribution in [0.15, 0.2) is 18.3 Å². The fraction of sp³-hybridized carbons (Fsp3) is 0.467. The first-order valence-electron chi connectivity index (χ1n) is 6.75. The quantitative estimate of drug-likeness (QED) is 0.727. The lowest BCUT2D eigenvalue weighted by Gasteiger charge is -2.35. The van der Waals surface area contributed by atoms with Gasteiger partial charge in [-0.05, 0) is 19.1 Å². The fourth-order valence-corrected chi connectivity index (χ4v) is 2.21. The van der Waals surface area contributed by atoms with Crippen LogP contribution in [-0.2, 0) is 4.74 Å². The van der Waals surface area contributed by atoms with Gasteiger partial charge in [-0.3, -0.25) is 4.79 Å². The van der Waals surface area contributed by atoms with Crippen molar-refractivity contribution < 1.29 is 19.7 Å². The van der Waals surface area contributed by atoms with E-state index in [0.717, 1.165) is 0 Å². The van der Waals surface area contributed by atoms with Crippen molar-refractivity contribution >= 4 is 5.91 Å². The van der Waals surface area contributed by atoms with E-state index in [4.69, 9.17) is 9.84 Å². The lowest BCUT2D eigenvalue weighted by atomic mass is 10.2. The first-order chi connectivity index (χ1) is 10.1. The number of amides is 1. The summed E-state index contributed by atoms with van der Waals surface area (Å²) >= 11 is 0. The monoisotopic (exact) mass is 290 g/mol. The Morgan fingerprint density at radius 3 is 2.90 bits per heavy atom. The molecule has 112 valence electrons. The Hall–Kier alpha value is -1.94. The molecule has 1 saturated heterocycles. The molecule has 1 amide bonds. The number of carbonyl (C=O) groups excluding carboxylic acids is 1. The van der Waals surface area contributed by atoms with E-state index < -0.39 is 0 Å². The molecule has 0 saturated carbocycles. The zero-order valence-corrected chi connectivity index (χ0v) is 11.8. The van der Waals surface area contributed by atoms with Crippen LogP contribution in [0.3, 0.4) is 0 Å². The number of pyridine rings is 1. The molecule has 6 nitrogen and oxygen atoms in total. The molecule has 1 aromatic heterocycles. The molecular formula is C15H18N2O4. The molecule has 2 unspecified atom stereocenters. The maximum Gasteiger partial charge on any atom is 0.272 e. The molecule has 1 aliphatic rings. The van der Waals surface area contributed by atoms with Gasteiger partial charge in [-0.25, -0.2) is 4.98 Å². The Balaban J connectivity index is 2.08. The van der Waals surface area contributed by atoms with Gasteiger partial charge in [-0.15, -0.1) is 0 Å². The van der Waals surface area contributed by atoms with Gasteiger partial charge in [0.05, 0.1) is 18.8 Å². The van der Waals surface area contributed by atoms with Crippen molar-refractivity contribution in [3.63, 3.8) is 0 Å². The van der Waals surface area contributed by atoms with E-state index >= 15 is 0 Å². The predicted molar refractivity (Wildman–Crippen MR) is 75.5 cm³/mol. The van der Waals surface area contributed by atoms with Crippen molar-refractivity contribution in [2.24, 2.45) is 0 Å².